The molecule has 0 saturated heterocycles. The van der Waals surface area contributed by atoms with Crippen LogP contribution in [0.4, 0.5) is 39.5 Å². The van der Waals surface area contributed by atoms with Crippen molar-refractivity contribution in [2.45, 2.75) is 80.7 Å². The van der Waals surface area contributed by atoms with Crippen LogP contribution in [0.15, 0.2) is 11.3 Å². The van der Waals surface area contributed by atoms with Gasteiger partial charge in [0.15, 0.2) is 0 Å². The monoisotopic (exact) mass is 926 g/mol. The Morgan fingerprint density at radius 3 is 1.33 bits per heavy atom. The van der Waals surface area contributed by atoms with Gasteiger partial charge in [0.05, 0.1) is 34.0 Å². The molecule has 0 amide bonds. The zero-order valence-electron chi connectivity index (χ0n) is 30.6. The standard InChI is InChI=1S/C8H9F3O5S.C8H14O4.C7H10O3.C2F6O5S2.CH3O.Na/c1-15-7(12)5-3-2-4-6(5)16-17(13,14)8(9,10)11;1-11-7(9)5-3-4-6-8(10)12-2;1-10-7(9)5-3-2-4-6(5)8;3-1(4,5)14(9,10)13-15(11,12)2(6,7)8;1-2;/h2-4H2,1H3;3-6H2,1-2H3;5H,2-4H2,1H3;;1H3;/q;;;;-1;+1. The molecule has 0 aromatic carbocycles. The molecule has 0 aromatic heterocycles. The number of ketones is 1. The summed E-state index contributed by atoms with van der Waals surface area (Å²) in [5.74, 6) is -2.64. The van der Waals surface area contributed by atoms with Gasteiger partial charge in [0.25, 0.3) is 0 Å². The number of Topliss-reactive ketones (excluding diaryl/α,β-unsaturated/α-hetero) is 1. The summed E-state index contributed by atoms with van der Waals surface area (Å²) in [4.78, 5) is 54.0. The van der Waals surface area contributed by atoms with E-state index in [1.54, 1.807) is 0 Å². The minimum atomic E-state index is -6.85. The van der Waals surface area contributed by atoms with E-state index in [1.807, 2.05) is 3.63 Å². The molecule has 1 atom stereocenters. The van der Waals surface area contributed by atoms with Crippen LogP contribution in [0, 0.1) is 5.92 Å². The van der Waals surface area contributed by atoms with Gasteiger partial charge in [-0.2, -0.15) is 71.9 Å². The van der Waals surface area contributed by atoms with E-state index < -0.39 is 64.5 Å². The summed E-state index contributed by atoms with van der Waals surface area (Å²) in [7, 11) is -13.6. The van der Waals surface area contributed by atoms with E-state index in [2.05, 4.69) is 23.1 Å². The van der Waals surface area contributed by atoms with Gasteiger partial charge < -0.3 is 28.2 Å². The van der Waals surface area contributed by atoms with Gasteiger partial charge in [-0.15, -0.1) is 3.63 Å². The van der Waals surface area contributed by atoms with Crippen molar-refractivity contribution in [3.8, 4) is 0 Å². The Labute approximate surface area is 342 Å². The summed E-state index contributed by atoms with van der Waals surface area (Å²) in [6.45, 7) is 0. The van der Waals surface area contributed by atoms with Crippen LogP contribution < -0.4 is 34.7 Å². The van der Waals surface area contributed by atoms with E-state index in [4.69, 9.17) is 5.11 Å². The number of carbonyl (C=O) groups excluding carboxylic acids is 5. The molecule has 31 heteroatoms. The Morgan fingerprint density at radius 1 is 0.632 bits per heavy atom. The maximum absolute atomic E-state index is 12.0. The van der Waals surface area contributed by atoms with Gasteiger partial charge in [-0.05, 0) is 38.5 Å². The largest absolute Gasteiger partial charge is 1.00 e. The fourth-order valence-corrected chi connectivity index (χ4v) is 5.58. The number of halogens is 9. The Hall–Kier alpha value is -2.77. The second-order valence-corrected chi connectivity index (χ2v) is 14.7. The Kier molecular flexibility index (Phi) is 28.9. The zero-order chi connectivity index (χ0) is 44.9. The van der Waals surface area contributed by atoms with E-state index in [9.17, 15) is 88.7 Å². The molecule has 0 spiro atoms. The summed E-state index contributed by atoms with van der Waals surface area (Å²) in [5.41, 5.74) is -18.2. The quantitative estimate of drug-likeness (QED) is 0.0372. The molecule has 2 rings (SSSR count). The number of rotatable bonds is 11. The molecule has 0 radical (unpaired) electrons. The van der Waals surface area contributed by atoms with Gasteiger partial charge in [0.1, 0.15) is 17.5 Å². The number of esters is 4. The van der Waals surface area contributed by atoms with Gasteiger partial charge in [-0.1, -0.05) is 0 Å². The summed E-state index contributed by atoms with van der Waals surface area (Å²) in [6, 6.07) is 0. The third-order valence-electron chi connectivity index (χ3n) is 6.10. The molecule has 1 unspecified atom stereocenters. The molecule has 0 aromatic rings. The first-order valence-corrected chi connectivity index (χ1v) is 18.9. The predicted octanol–water partition coefficient (Wildman–Crippen LogP) is -0.432. The Morgan fingerprint density at radius 2 is 1.04 bits per heavy atom. The molecule has 0 aliphatic heterocycles. The maximum atomic E-state index is 12.0. The normalized spacial score (nSPS) is 15.6. The number of allylic oxidation sites excluding steroid dienone is 1. The summed E-state index contributed by atoms with van der Waals surface area (Å²) in [5, 5.41) is 8.25. The fourth-order valence-electron chi connectivity index (χ4n) is 3.47. The van der Waals surface area contributed by atoms with Crippen LogP contribution in [-0.4, -0.2) is 107 Å². The number of hydrogen-bond donors (Lipinski definition) is 0. The number of ether oxygens (including phenoxy) is 4. The first-order valence-electron chi connectivity index (χ1n) is 14.6. The van der Waals surface area contributed by atoms with Gasteiger partial charge in [0, 0.05) is 25.7 Å². The molecule has 18 nitrogen and oxygen atoms in total. The molecular formula is C26H36F9NaO18S3. The topological polar surface area (TPSA) is 266 Å². The van der Waals surface area contributed by atoms with E-state index in [1.165, 1.54) is 21.3 Å². The van der Waals surface area contributed by atoms with Crippen molar-refractivity contribution in [1.82, 2.24) is 0 Å². The third kappa shape index (κ3) is 22.8. The van der Waals surface area contributed by atoms with E-state index >= 15 is 0 Å². The zero-order valence-corrected chi connectivity index (χ0v) is 35.1. The number of hydrogen-bond acceptors (Lipinski definition) is 18. The summed E-state index contributed by atoms with van der Waals surface area (Å²) < 4.78 is 189. The van der Waals surface area contributed by atoms with Gasteiger partial charge in [-0.3, -0.25) is 19.2 Å². The molecule has 0 N–H and O–H groups in total. The smallest absolute Gasteiger partial charge is 0.857 e. The van der Waals surface area contributed by atoms with Crippen molar-refractivity contribution in [3.05, 3.63) is 11.3 Å². The Bertz CT molecular complexity index is 1620. The van der Waals surface area contributed by atoms with Crippen LogP contribution in [0.5, 0.6) is 0 Å². The molecule has 1 fully saturated rings. The first kappa shape index (κ1) is 60.9. The van der Waals surface area contributed by atoms with E-state index in [0.717, 1.165) is 20.6 Å². The SMILES string of the molecule is COC(=O)C1=C(OS(=O)(=O)C(F)(F)F)CCC1.COC(=O)C1CCCC1=O.COC(=O)CCCCC(=O)OC.C[O-].O=S(=O)(OS(=O)(=O)C(F)(F)F)C(F)(F)F.[Na+]. The van der Waals surface area contributed by atoms with Crippen molar-refractivity contribution in [2.75, 3.05) is 35.5 Å². The van der Waals surface area contributed by atoms with Crippen molar-refractivity contribution in [1.29, 1.82) is 0 Å². The van der Waals surface area contributed by atoms with Gasteiger partial charge in [-0.25, -0.2) is 4.79 Å². The van der Waals surface area contributed by atoms with Crippen LogP contribution >= 0.6 is 0 Å². The van der Waals surface area contributed by atoms with Crippen molar-refractivity contribution in [2.24, 2.45) is 5.92 Å². The van der Waals surface area contributed by atoms with Crippen molar-refractivity contribution >= 4 is 60.0 Å². The number of methoxy groups -OCH3 is 4. The van der Waals surface area contributed by atoms with Crippen LogP contribution in [0.25, 0.3) is 0 Å². The predicted molar refractivity (Wildman–Crippen MR) is 163 cm³/mol. The minimum Gasteiger partial charge on any atom is -0.857 e. The molecule has 0 bridgehead atoms. The first-order chi connectivity index (χ1) is 25.3. The van der Waals surface area contributed by atoms with E-state index in [0.29, 0.717) is 44.9 Å². The third-order valence-corrected chi connectivity index (χ3v) is 9.65. The fraction of sp³-hybridized carbons (Fsp3) is 0.731. The van der Waals surface area contributed by atoms with E-state index in [-0.39, 0.29) is 71.7 Å². The summed E-state index contributed by atoms with van der Waals surface area (Å²) in [6.07, 6.45) is 4.55. The molecule has 1 saturated carbocycles. The molecular weight excluding hydrogens is 890 g/mol. The molecule has 2 aliphatic rings. The minimum absolute atomic E-state index is 0. The van der Waals surface area contributed by atoms with Gasteiger partial charge in [0.2, 0.25) is 0 Å². The number of carbonyl (C=O) groups is 5. The average Bonchev–Trinajstić information content (AvgIpc) is 3.73. The molecule has 0 heterocycles. The Balaban J connectivity index is -0.000000327. The van der Waals surface area contributed by atoms with Crippen LogP contribution in [-0.2, 0) is 81.1 Å². The average molecular weight is 927 g/mol. The van der Waals surface area contributed by atoms with Crippen LogP contribution in [0.3, 0.4) is 0 Å². The maximum Gasteiger partial charge on any atom is 1.00 e. The second-order valence-electron chi connectivity index (χ2n) is 9.89. The van der Waals surface area contributed by atoms with Crippen molar-refractivity contribution in [3.63, 3.8) is 0 Å². The molecule has 330 valence electrons. The van der Waals surface area contributed by atoms with Crippen molar-refractivity contribution < 1.29 is 150 Å². The molecule has 57 heavy (non-hydrogen) atoms. The summed E-state index contributed by atoms with van der Waals surface area (Å²) >= 11 is 0. The molecule has 2 aliphatic carbocycles. The number of alkyl halides is 9. The number of unbranched alkanes of at least 4 members (excludes halogenated alkanes) is 1. The van der Waals surface area contributed by atoms with Crippen LogP contribution in [0.1, 0.15) is 64.2 Å². The second kappa shape index (κ2) is 27.1. The van der Waals surface area contributed by atoms with Crippen LogP contribution in [0.2, 0.25) is 0 Å². The van der Waals surface area contributed by atoms with Gasteiger partial charge >= 0.3 is 100 Å².